The Morgan fingerprint density at radius 2 is 2.05 bits per heavy atom. The van der Waals surface area contributed by atoms with Crippen LogP contribution in [-0.4, -0.2) is 27.7 Å². The highest BCUT2D eigenvalue weighted by molar-refractivity contribution is 7.98. The van der Waals surface area contributed by atoms with E-state index in [-0.39, 0.29) is 6.10 Å². The van der Waals surface area contributed by atoms with Gasteiger partial charge in [0.05, 0.1) is 18.5 Å². The van der Waals surface area contributed by atoms with Crippen LogP contribution in [0.2, 0.25) is 0 Å². The van der Waals surface area contributed by atoms with Gasteiger partial charge in [-0.3, -0.25) is 4.98 Å². The van der Waals surface area contributed by atoms with Crippen molar-refractivity contribution in [1.29, 1.82) is 0 Å². The summed E-state index contributed by atoms with van der Waals surface area (Å²) in [6, 6.07) is 10.3. The van der Waals surface area contributed by atoms with E-state index >= 15 is 0 Å². The summed E-state index contributed by atoms with van der Waals surface area (Å²) < 4.78 is 0. The van der Waals surface area contributed by atoms with E-state index in [4.69, 9.17) is 0 Å². The van der Waals surface area contributed by atoms with Crippen LogP contribution in [0.1, 0.15) is 18.9 Å². The first-order valence-corrected chi connectivity index (χ1v) is 7.63. The van der Waals surface area contributed by atoms with Crippen LogP contribution in [-0.2, 0) is 5.75 Å². The number of benzene rings is 1. The SMILES string of the molecule is CC(O)CCNc1cncc(SCc2ccccc2)n1. The molecule has 106 valence electrons. The first kappa shape index (κ1) is 14.8. The molecule has 0 saturated carbocycles. The summed E-state index contributed by atoms with van der Waals surface area (Å²) in [5.74, 6) is 1.64. The number of hydrogen-bond acceptors (Lipinski definition) is 5. The standard InChI is InChI=1S/C15H19N3OS/c1-12(19)7-8-17-14-9-16-10-15(18-14)20-11-13-5-3-2-4-6-13/h2-6,9-10,12,19H,7-8,11H2,1H3,(H,17,18). The van der Waals surface area contributed by atoms with Crippen molar-refractivity contribution in [3.05, 3.63) is 48.3 Å². The lowest BCUT2D eigenvalue weighted by molar-refractivity contribution is 0.188. The van der Waals surface area contributed by atoms with Crippen LogP contribution < -0.4 is 5.32 Å². The Bertz CT molecular complexity index is 520. The highest BCUT2D eigenvalue weighted by Gasteiger charge is 2.01. The van der Waals surface area contributed by atoms with E-state index in [1.807, 2.05) is 18.2 Å². The maximum Gasteiger partial charge on any atom is 0.145 e. The molecule has 0 radical (unpaired) electrons. The summed E-state index contributed by atoms with van der Waals surface area (Å²) in [4.78, 5) is 8.68. The van der Waals surface area contributed by atoms with Gasteiger partial charge >= 0.3 is 0 Å². The van der Waals surface area contributed by atoms with Gasteiger partial charge in [0, 0.05) is 12.3 Å². The number of anilines is 1. The second-order valence-electron chi connectivity index (χ2n) is 4.58. The van der Waals surface area contributed by atoms with Gasteiger partial charge in [-0.05, 0) is 18.9 Å². The minimum atomic E-state index is -0.300. The Kier molecular flexibility index (Phi) is 5.83. The van der Waals surface area contributed by atoms with Crippen LogP contribution in [0.5, 0.6) is 0 Å². The van der Waals surface area contributed by atoms with Gasteiger partial charge in [-0.25, -0.2) is 4.98 Å². The molecule has 1 heterocycles. The van der Waals surface area contributed by atoms with E-state index in [0.717, 1.165) is 16.6 Å². The Hall–Kier alpha value is -1.59. The monoisotopic (exact) mass is 289 g/mol. The molecule has 1 unspecified atom stereocenters. The number of thioether (sulfide) groups is 1. The van der Waals surface area contributed by atoms with Crippen LogP contribution in [0, 0.1) is 0 Å². The summed E-state index contributed by atoms with van der Waals surface area (Å²) in [5.41, 5.74) is 1.27. The molecule has 0 aliphatic heterocycles. The van der Waals surface area contributed by atoms with Gasteiger partial charge in [0.2, 0.25) is 0 Å². The summed E-state index contributed by atoms with van der Waals surface area (Å²) in [6.07, 6.45) is 3.87. The van der Waals surface area contributed by atoms with Gasteiger partial charge in [-0.1, -0.05) is 30.3 Å². The lowest BCUT2D eigenvalue weighted by Gasteiger charge is -2.08. The largest absolute Gasteiger partial charge is 0.393 e. The fourth-order valence-corrected chi connectivity index (χ4v) is 2.45. The molecule has 0 amide bonds. The average molecular weight is 289 g/mol. The summed E-state index contributed by atoms with van der Waals surface area (Å²) in [7, 11) is 0. The van der Waals surface area contributed by atoms with Crippen molar-refractivity contribution in [3.63, 3.8) is 0 Å². The highest BCUT2D eigenvalue weighted by Crippen LogP contribution is 2.21. The first-order chi connectivity index (χ1) is 9.74. The van der Waals surface area contributed by atoms with Crippen molar-refractivity contribution in [3.8, 4) is 0 Å². The molecule has 0 spiro atoms. The van der Waals surface area contributed by atoms with E-state index in [0.29, 0.717) is 13.0 Å². The molecule has 2 aromatic rings. The fraction of sp³-hybridized carbons (Fsp3) is 0.333. The van der Waals surface area contributed by atoms with E-state index in [1.54, 1.807) is 31.1 Å². The number of aliphatic hydroxyl groups excluding tert-OH is 1. The zero-order valence-electron chi connectivity index (χ0n) is 11.5. The van der Waals surface area contributed by atoms with Crippen molar-refractivity contribution in [2.45, 2.75) is 30.2 Å². The van der Waals surface area contributed by atoms with E-state index in [2.05, 4.69) is 27.4 Å². The third kappa shape index (κ3) is 5.19. The van der Waals surface area contributed by atoms with Gasteiger partial charge in [0.15, 0.2) is 0 Å². The van der Waals surface area contributed by atoms with Crippen LogP contribution >= 0.6 is 11.8 Å². The average Bonchev–Trinajstić information content (AvgIpc) is 2.46. The van der Waals surface area contributed by atoms with Crippen LogP contribution in [0.3, 0.4) is 0 Å². The van der Waals surface area contributed by atoms with E-state index < -0.39 is 0 Å². The maximum atomic E-state index is 9.22. The highest BCUT2D eigenvalue weighted by atomic mass is 32.2. The predicted octanol–water partition coefficient (Wildman–Crippen LogP) is 2.95. The molecule has 2 rings (SSSR count). The molecule has 0 saturated heterocycles. The Labute approximate surface area is 123 Å². The van der Waals surface area contributed by atoms with Crippen LogP contribution in [0.4, 0.5) is 5.82 Å². The topological polar surface area (TPSA) is 58.0 Å². The van der Waals surface area contributed by atoms with Gasteiger partial charge in [0.25, 0.3) is 0 Å². The van der Waals surface area contributed by atoms with E-state index in [9.17, 15) is 5.11 Å². The number of nitrogens with one attached hydrogen (secondary N) is 1. The van der Waals surface area contributed by atoms with Crippen LogP contribution in [0.25, 0.3) is 0 Å². The third-order valence-electron chi connectivity index (χ3n) is 2.71. The molecule has 1 aromatic heterocycles. The molecule has 0 bridgehead atoms. The van der Waals surface area contributed by atoms with Gasteiger partial charge < -0.3 is 10.4 Å². The smallest absolute Gasteiger partial charge is 0.145 e. The second kappa shape index (κ2) is 7.87. The lowest BCUT2D eigenvalue weighted by atomic mass is 10.2. The van der Waals surface area contributed by atoms with Crippen molar-refractivity contribution in [2.24, 2.45) is 0 Å². The number of aromatic nitrogens is 2. The van der Waals surface area contributed by atoms with Gasteiger partial charge in [0.1, 0.15) is 10.8 Å². The van der Waals surface area contributed by atoms with Crippen molar-refractivity contribution >= 4 is 17.6 Å². The third-order valence-corrected chi connectivity index (χ3v) is 3.68. The quantitative estimate of drug-likeness (QED) is 0.767. The molecule has 20 heavy (non-hydrogen) atoms. The molecule has 0 fully saturated rings. The number of hydrogen-bond donors (Lipinski definition) is 2. The molecular formula is C15H19N3OS. The normalized spacial score (nSPS) is 12.1. The molecule has 2 N–H and O–H groups in total. The molecular weight excluding hydrogens is 270 g/mol. The predicted molar refractivity (Wildman–Crippen MR) is 82.8 cm³/mol. The van der Waals surface area contributed by atoms with Gasteiger partial charge in [-0.15, -0.1) is 11.8 Å². The van der Waals surface area contributed by atoms with Crippen molar-refractivity contribution in [2.75, 3.05) is 11.9 Å². The lowest BCUT2D eigenvalue weighted by Crippen LogP contribution is -2.10. The summed E-state index contributed by atoms with van der Waals surface area (Å²) in [6.45, 7) is 2.47. The molecule has 0 aliphatic rings. The maximum absolute atomic E-state index is 9.22. The Morgan fingerprint density at radius 3 is 2.80 bits per heavy atom. The summed E-state index contributed by atoms with van der Waals surface area (Å²) in [5, 5.41) is 13.3. The Morgan fingerprint density at radius 1 is 1.25 bits per heavy atom. The molecule has 1 aromatic carbocycles. The van der Waals surface area contributed by atoms with E-state index in [1.165, 1.54) is 5.56 Å². The van der Waals surface area contributed by atoms with Crippen LogP contribution in [0.15, 0.2) is 47.8 Å². The summed E-state index contributed by atoms with van der Waals surface area (Å²) >= 11 is 1.66. The molecule has 1 atom stereocenters. The zero-order chi connectivity index (χ0) is 14.2. The second-order valence-corrected chi connectivity index (χ2v) is 5.58. The fourth-order valence-electron chi connectivity index (χ4n) is 1.64. The number of rotatable bonds is 7. The minimum Gasteiger partial charge on any atom is -0.393 e. The zero-order valence-corrected chi connectivity index (χ0v) is 12.3. The number of nitrogens with zero attached hydrogens (tertiary/aromatic N) is 2. The van der Waals surface area contributed by atoms with Crippen molar-refractivity contribution in [1.82, 2.24) is 9.97 Å². The Balaban J connectivity index is 1.86. The molecule has 5 heteroatoms. The van der Waals surface area contributed by atoms with Crippen molar-refractivity contribution < 1.29 is 5.11 Å². The molecule has 4 nitrogen and oxygen atoms in total. The molecule has 0 aliphatic carbocycles. The first-order valence-electron chi connectivity index (χ1n) is 6.65. The van der Waals surface area contributed by atoms with Gasteiger partial charge in [-0.2, -0.15) is 0 Å². The number of aliphatic hydroxyl groups is 1. The minimum absolute atomic E-state index is 0.300.